The molecule has 1 aromatic carbocycles. The third-order valence-electron chi connectivity index (χ3n) is 5.02. The van der Waals surface area contributed by atoms with Crippen LogP contribution in [0.1, 0.15) is 43.0 Å². The van der Waals surface area contributed by atoms with Gasteiger partial charge in [0.1, 0.15) is 0 Å². The lowest BCUT2D eigenvalue weighted by Gasteiger charge is -2.30. The maximum atomic E-state index is 12.7. The van der Waals surface area contributed by atoms with E-state index < -0.39 is 0 Å². The molecule has 5 nitrogen and oxygen atoms in total. The smallest absolute Gasteiger partial charge is 0.252 e. The summed E-state index contributed by atoms with van der Waals surface area (Å²) < 4.78 is 0. The van der Waals surface area contributed by atoms with E-state index in [0.29, 0.717) is 11.3 Å². The number of nitrogens with one attached hydrogen (secondary N) is 2. The van der Waals surface area contributed by atoms with Crippen molar-refractivity contribution in [1.29, 1.82) is 0 Å². The van der Waals surface area contributed by atoms with Crippen LogP contribution < -0.4 is 10.6 Å². The molecule has 2 aliphatic heterocycles. The molecule has 1 aromatic rings. The number of benzene rings is 1. The number of rotatable bonds is 5. The van der Waals surface area contributed by atoms with Crippen LogP contribution in [-0.4, -0.2) is 54.2 Å². The minimum absolute atomic E-state index is 0. The molecule has 0 saturated carbocycles. The molecule has 26 heavy (non-hydrogen) atoms. The van der Waals surface area contributed by atoms with Gasteiger partial charge in [0, 0.05) is 30.1 Å². The van der Waals surface area contributed by atoms with Crippen molar-refractivity contribution in [2.45, 2.75) is 49.6 Å². The number of amides is 2. The van der Waals surface area contributed by atoms with Gasteiger partial charge in [-0.3, -0.25) is 9.59 Å². The van der Waals surface area contributed by atoms with E-state index in [0.717, 1.165) is 50.2 Å². The van der Waals surface area contributed by atoms with Crippen molar-refractivity contribution in [2.24, 2.45) is 0 Å². The normalized spacial score (nSPS) is 22.6. The minimum Gasteiger partial charge on any atom is -0.348 e. The monoisotopic (exact) mass is 397 g/mol. The van der Waals surface area contributed by atoms with Gasteiger partial charge in [-0.2, -0.15) is 0 Å². The third kappa shape index (κ3) is 5.38. The number of carbonyl (C=O) groups is 2. The Morgan fingerprint density at radius 2 is 1.96 bits per heavy atom. The lowest BCUT2D eigenvalue weighted by Crippen LogP contribution is -2.51. The van der Waals surface area contributed by atoms with Crippen LogP contribution in [-0.2, 0) is 4.79 Å². The molecule has 2 N–H and O–H groups in total. The van der Waals surface area contributed by atoms with E-state index in [1.165, 1.54) is 11.8 Å². The second-order valence-electron chi connectivity index (χ2n) is 6.84. The summed E-state index contributed by atoms with van der Waals surface area (Å²) in [6.07, 6.45) is 4.28. The van der Waals surface area contributed by atoms with Crippen molar-refractivity contribution < 1.29 is 9.59 Å². The van der Waals surface area contributed by atoms with E-state index in [9.17, 15) is 9.59 Å². The minimum atomic E-state index is -0.0442. The largest absolute Gasteiger partial charge is 0.348 e. The van der Waals surface area contributed by atoms with Crippen LogP contribution in [0.15, 0.2) is 29.2 Å². The number of hydrogen-bond donors (Lipinski definition) is 2. The molecule has 0 radical (unpaired) electrons. The molecule has 0 spiro atoms. The van der Waals surface area contributed by atoms with Crippen LogP contribution in [0.5, 0.6) is 0 Å². The first-order valence-electron chi connectivity index (χ1n) is 9.19. The summed E-state index contributed by atoms with van der Waals surface area (Å²) in [6.45, 7) is 4.86. The highest BCUT2D eigenvalue weighted by atomic mass is 35.5. The highest BCUT2D eigenvalue weighted by Gasteiger charge is 2.24. The van der Waals surface area contributed by atoms with Crippen molar-refractivity contribution >= 4 is 36.0 Å². The second kappa shape index (κ2) is 10.2. The third-order valence-corrected chi connectivity index (χ3v) is 6.08. The van der Waals surface area contributed by atoms with Crippen LogP contribution in [0.25, 0.3) is 0 Å². The Balaban J connectivity index is 0.00000243. The number of carbonyl (C=O) groups excluding carboxylic acids is 2. The SMILES string of the molecule is CC1NCCCC1NC(=O)c1ccccc1SCC(=O)N1CCCC1.Cl. The van der Waals surface area contributed by atoms with E-state index in [4.69, 9.17) is 0 Å². The molecule has 2 fully saturated rings. The van der Waals surface area contributed by atoms with Crippen molar-refractivity contribution in [3.05, 3.63) is 29.8 Å². The summed E-state index contributed by atoms with van der Waals surface area (Å²) in [4.78, 5) is 27.8. The van der Waals surface area contributed by atoms with Gasteiger partial charge in [-0.1, -0.05) is 12.1 Å². The number of nitrogens with zero attached hydrogens (tertiary/aromatic N) is 1. The lowest BCUT2D eigenvalue weighted by atomic mass is 9.99. The molecule has 2 saturated heterocycles. The molecule has 2 atom stereocenters. The summed E-state index contributed by atoms with van der Waals surface area (Å²) in [5.41, 5.74) is 0.666. The molecular formula is C19H28ClN3O2S. The van der Waals surface area contributed by atoms with Gasteiger partial charge in [0.2, 0.25) is 5.91 Å². The molecule has 0 bridgehead atoms. The van der Waals surface area contributed by atoms with Gasteiger partial charge < -0.3 is 15.5 Å². The van der Waals surface area contributed by atoms with Crippen LogP contribution in [0, 0.1) is 0 Å². The first kappa shape index (κ1) is 21.1. The Hall–Kier alpha value is -1.24. The Bertz CT molecular complexity index is 623. The Labute approximate surface area is 166 Å². The lowest BCUT2D eigenvalue weighted by molar-refractivity contribution is -0.127. The Morgan fingerprint density at radius 1 is 1.23 bits per heavy atom. The van der Waals surface area contributed by atoms with Crippen LogP contribution in [0.4, 0.5) is 0 Å². The molecule has 2 amide bonds. The molecular weight excluding hydrogens is 370 g/mol. The highest BCUT2D eigenvalue weighted by molar-refractivity contribution is 8.00. The van der Waals surface area contributed by atoms with E-state index >= 15 is 0 Å². The molecule has 7 heteroatoms. The molecule has 0 aromatic heterocycles. The van der Waals surface area contributed by atoms with Crippen molar-refractivity contribution in [1.82, 2.24) is 15.5 Å². The molecule has 2 heterocycles. The predicted molar refractivity (Wildman–Crippen MR) is 108 cm³/mol. The standard InChI is InChI=1S/C19H27N3O2S.ClH/c1-14-16(8-6-10-20-14)21-19(24)15-7-2-3-9-17(15)25-13-18(23)22-11-4-5-12-22;/h2-3,7,9,14,16,20H,4-6,8,10-13H2,1H3,(H,21,24);1H. The van der Waals surface area contributed by atoms with Gasteiger partial charge in [-0.25, -0.2) is 0 Å². The number of hydrogen-bond acceptors (Lipinski definition) is 4. The number of halogens is 1. The summed E-state index contributed by atoms with van der Waals surface area (Å²) in [5, 5.41) is 6.56. The number of piperidine rings is 1. The Kier molecular flexibility index (Phi) is 8.25. The van der Waals surface area contributed by atoms with Gasteiger partial charge in [0.05, 0.1) is 11.3 Å². The highest BCUT2D eigenvalue weighted by Crippen LogP contribution is 2.24. The van der Waals surface area contributed by atoms with Gasteiger partial charge in [-0.15, -0.1) is 24.2 Å². The van der Waals surface area contributed by atoms with Crippen molar-refractivity contribution in [2.75, 3.05) is 25.4 Å². The first-order valence-corrected chi connectivity index (χ1v) is 10.2. The maximum absolute atomic E-state index is 12.7. The van der Waals surface area contributed by atoms with Crippen molar-refractivity contribution in [3.8, 4) is 0 Å². The van der Waals surface area contributed by atoms with Gasteiger partial charge >= 0.3 is 0 Å². The average Bonchev–Trinajstić information content (AvgIpc) is 3.16. The molecule has 0 aliphatic carbocycles. The fourth-order valence-electron chi connectivity index (χ4n) is 3.46. The summed E-state index contributed by atoms with van der Waals surface area (Å²) in [7, 11) is 0. The van der Waals surface area contributed by atoms with Gasteiger partial charge in [0.25, 0.3) is 5.91 Å². The predicted octanol–water partition coefficient (Wildman–Crippen LogP) is 2.69. The van der Waals surface area contributed by atoms with E-state index in [2.05, 4.69) is 17.6 Å². The quantitative estimate of drug-likeness (QED) is 0.750. The topological polar surface area (TPSA) is 61.4 Å². The van der Waals surface area contributed by atoms with E-state index in [1.807, 2.05) is 29.2 Å². The van der Waals surface area contributed by atoms with E-state index in [1.54, 1.807) is 0 Å². The maximum Gasteiger partial charge on any atom is 0.252 e. The van der Waals surface area contributed by atoms with Crippen LogP contribution >= 0.6 is 24.2 Å². The number of thioether (sulfide) groups is 1. The summed E-state index contributed by atoms with van der Waals surface area (Å²) >= 11 is 1.47. The zero-order valence-electron chi connectivity index (χ0n) is 15.2. The second-order valence-corrected chi connectivity index (χ2v) is 7.85. The van der Waals surface area contributed by atoms with E-state index in [-0.39, 0.29) is 36.3 Å². The molecule has 2 aliphatic rings. The molecule has 2 unspecified atom stereocenters. The zero-order chi connectivity index (χ0) is 17.6. The van der Waals surface area contributed by atoms with Crippen LogP contribution in [0.3, 0.4) is 0 Å². The first-order chi connectivity index (χ1) is 12.1. The molecule has 3 rings (SSSR count). The number of likely N-dealkylation sites (tertiary alicyclic amines) is 1. The van der Waals surface area contributed by atoms with Gasteiger partial charge in [-0.05, 0) is 51.3 Å². The molecule has 144 valence electrons. The van der Waals surface area contributed by atoms with Gasteiger partial charge in [0.15, 0.2) is 0 Å². The van der Waals surface area contributed by atoms with Crippen LogP contribution in [0.2, 0.25) is 0 Å². The summed E-state index contributed by atoms with van der Waals surface area (Å²) in [5.74, 6) is 0.520. The average molecular weight is 398 g/mol. The van der Waals surface area contributed by atoms with Crippen molar-refractivity contribution in [3.63, 3.8) is 0 Å². The fraction of sp³-hybridized carbons (Fsp3) is 0.579. The summed E-state index contributed by atoms with van der Waals surface area (Å²) in [6, 6.07) is 8.02. The Morgan fingerprint density at radius 3 is 2.69 bits per heavy atom. The zero-order valence-corrected chi connectivity index (χ0v) is 16.8. The fourth-order valence-corrected chi connectivity index (χ4v) is 4.42.